The maximum Gasteiger partial charge on any atom is 0.408 e. The van der Waals surface area contributed by atoms with Crippen LogP contribution in [0.15, 0.2) is 59.5 Å². The Hall–Kier alpha value is -3.40. The summed E-state index contributed by atoms with van der Waals surface area (Å²) >= 11 is 0. The molecule has 0 aromatic heterocycles. The highest BCUT2D eigenvalue weighted by molar-refractivity contribution is 7.90. The van der Waals surface area contributed by atoms with Crippen molar-refractivity contribution in [1.82, 2.24) is 16.2 Å². The van der Waals surface area contributed by atoms with Crippen LogP contribution in [-0.2, 0) is 26.0 Å². The first kappa shape index (κ1) is 23.9. The Balaban J connectivity index is 1.89. The van der Waals surface area contributed by atoms with E-state index < -0.39 is 33.8 Å². The molecule has 0 heterocycles. The van der Waals surface area contributed by atoms with E-state index in [1.54, 1.807) is 26.0 Å². The van der Waals surface area contributed by atoms with Crippen molar-refractivity contribution in [2.24, 2.45) is 5.92 Å². The molecule has 0 unspecified atom stereocenters. The lowest BCUT2D eigenvalue weighted by atomic mass is 10.0. The minimum absolute atomic E-state index is 0.0549. The average molecular weight is 448 g/mol. The van der Waals surface area contributed by atoms with Crippen LogP contribution in [0.1, 0.15) is 29.8 Å². The zero-order valence-electron chi connectivity index (χ0n) is 17.4. The summed E-state index contributed by atoms with van der Waals surface area (Å²) in [7, 11) is -3.38. The van der Waals surface area contributed by atoms with Crippen LogP contribution in [0.3, 0.4) is 0 Å². The smallest absolute Gasteiger partial charge is 0.408 e. The predicted molar refractivity (Wildman–Crippen MR) is 114 cm³/mol. The van der Waals surface area contributed by atoms with Gasteiger partial charge in [-0.25, -0.2) is 13.2 Å². The number of carbonyl (C=O) groups excluding carboxylic acids is 3. The molecule has 166 valence electrons. The Bertz CT molecular complexity index is 1020. The number of hydrogen-bond donors (Lipinski definition) is 3. The number of hydrogen-bond acceptors (Lipinski definition) is 6. The Morgan fingerprint density at radius 2 is 1.55 bits per heavy atom. The van der Waals surface area contributed by atoms with Crippen LogP contribution < -0.4 is 16.2 Å². The fourth-order valence-corrected chi connectivity index (χ4v) is 3.18. The largest absolute Gasteiger partial charge is 0.445 e. The highest BCUT2D eigenvalue weighted by Crippen LogP contribution is 2.10. The molecule has 3 amide bonds. The molecule has 2 rings (SSSR count). The summed E-state index contributed by atoms with van der Waals surface area (Å²) < 4.78 is 28.1. The summed E-state index contributed by atoms with van der Waals surface area (Å²) in [6, 6.07) is 13.4. The van der Waals surface area contributed by atoms with Crippen LogP contribution in [-0.4, -0.2) is 38.6 Å². The van der Waals surface area contributed by atoms with Gasteiger partial charge in [-0.2, -0.15) is 0 Å². The minimum Gasteiger partial charge on any atom is -0.445 e. The van der Waals surface area contributed by atoms with Gasteiger partial charge in [-0.3, -0.25) is 20.4 Å². The maximum absolute atomic E-state index is 12.4. The molecule has 2 aromatic rings. The lowest BCUT2D eigenvalue weighted by molar-refractivity contribution is -0.124. The fraction of sp³-hybridized carbons (Fsp3) is 0.286. The first-order valence-corrected chi connectivity index (χ1v) is 11.3. The number of amides is 3. The third-order valence-electron chi connectivity index (χ3n) is 4.28. The second kappa shape index (κ2) is 10.6. The van der Waals surface area contributed by atoms with Crippen LogP contribution in [0.5, 0.6) is 0 Å². The van der Waals surface area contributed by atoms with Gasteiger partial charge in [0, 0.05) is 11.8 Å². The van der Waals surface area contributed by atoms with E-state index in [9.17, 15) is 22.8 Å². The summed E-state index contributed by atoms with van der Waals surface area (Å²) in [4.78, 5) is 36.8. The van der Waals surface area contributed by atoms with E-state index in [0.29, 0.717) is 0 Å². The molecular formula is C21H25N3O6S. The summed E-state index contributed by atoms with van der Waals surface area (Å²) in [5.74, 6) is -1.55. The van der Waals surface area contributed by atoms with Crippen LogP contribution in [0.25, 0.3) is 0 Å². The van der Waals surface area contributed by atoms with E-state index >= 15 is 0 Å². The maximum atomic E-state index is 12.4. The molecular weight excluding hydrogens is 422 g/mol. The van der Waals surface area contributed by atoms with Crippen molar-refractivity contribution in [2.75, 3.05) is 6.26 Å². The normalized spacial score (nSPS) is 12.0. The van der Waals surface area contributed by atoms with Gasteiger partial charge in [0.1, 0.15) is 12.6 Å². The molecule has 1 atom stereocenters. The minimum atomic E-state index is -3.38. The van der Waals surface area contributed by atoms with Crippen molar-refractivity contribution in [2.45, 2.75) is 31.4 Å². The van der Waals surface area contributed by atoms with Crippen molar-refractivity contribution in [3.63, 3.8) is 0 Å². The Morgan fingerprint density at radius 1 is 0.935 bits per heavy atom. The zero-order chi connectivity index (χ0) is 23.0. The molecule has 0 spiro atoms. The Labute approximate surface area is 181 Å². The molecule has 3 N–H and O–H groups in total. The fourth-order valence-electron chi connectivity index (χ4n) is 2.55. The number of sulfone groups is 1. The second-order valence-electron chi connectivity index (χ2n) is 7.17. The van der Waals surface area contributed by atoms with E-state index in [0.717, 1.165) is 11.8 Å². The molecule has 0 aliphatic carbocycles. The summed E-state index contributed by atoms with van der Waals surface area (Å²) in [5, 5.41) is 2.48. The van der Waals surface area contributed by atoms with E-state index in [4.69, 9.17) is 4.74 Å². The van der Waals surface area contributed by atoms with Crippen molar-refractivity contribution in [3.8, 4) is 0 Å². The molecule has 0 saturated carbocycles. The number of nitrogens with one attached hydrogen (secondary N) is 3. The van der Waals surface area contributed by atoms with E-state index in [1.165, 1.54) is 24.3 Å². The predicted octanol–water partition coefficient (Wildman–Crippen LogP) is 1.80. The third-order valence-corrected chi connectivity index (χ3v) is 5.41. The number of ether oxygens (including phenoxy) is 1. The molecule has 0 aliphatic rings. The van der Waals surface area contributed by atoms with Crippen molar-refractivity contribution in [1.29, 1.82) is 0 Å². The molecule has 31 heavy (non-hydrogen) atoms. The van der Waals surface area contributed by atoms with Gasteiger partial charge in [-0.15, -0.1) is 0 Å². The number of hydrazine groups is 1. The first-order chi connectivity index (χ1) is 14.6. The molecule has 0 bridgehead atoms. The summed E-state index contributed by atoms with van der Waals surface area (Å²) in [6.07, 6.45) is 0.298. The molecule has 9 nitrogen and oxygen atoms in total. The average Bonchev–Trinajstić information content (AvgIpc) is 2.74. The molecule has 2 aromatic carbocycles. The van der Waals surface area contributed by atoms with Crippen LogP contribution in [0.4, 0.5) is 4.79 Å². The first-order valence-electron chi connectivity index (χ1n) is 9.45. The SMILES string of the molecule is CC(C)[C@H](NC(=O)OCc1ccccc1)C(=O)NNC(=O)c1ccc(S(C)(=O)=O)cc1. The molecule has 0 radical (unpaired) electrons. The molecule has 0 saturated heterocycles. The van der Waals surface area contributed by atoms with Crippen molar-refractivity contribution >= 4 is 27.7 Å². The Kier molecular flexibility index (Phi) is 8.14. The molecule has 10 heteroatoms. The van der Waals surface area contributed by atoms with Crippen molar-refractivity contribution < 1.29 is 27.5 Å². The van der Waals surface area contributed by atoms with E-state index in [2.05, 4.69) is 16.2 Å². The van der Waals surface area contributed by atoms with Gasteiger partial charge in [0.05, 0.1) is 4.90 Å². The van der Waals surface area contributed by atoms with E-state index in [-0.39, 0.29) is 23.0 Å². The number of alkyl carbamates (subject to hydrolysis) is 1. The monoisotopic (exact) mass is 447 g/mol. The highest BCUT2D eigenvalue weighted by Gasteiger charge is 2.25. The standard InChI is InChI=1S/C21H25N3O6S/c1-14(2)18(22-21(27)30-13-15-7-5-4-6-8-15)20(26)24-23-19(25)16-9-11-17(12-10-16)31(3,28)29/h4-12,14,18H,13H2,1-3H3,(H,22,27)(H,23,25)(H,24,26)/t18-/m0/s1. The highest BCUT2D eigenvalue weighted by atomic mass is 32.2. The lowest BCUT2D eigenvalue weighted by Crippen LogP contribution is -2.54. The van der Waals surface area contributed by atoms with Gasteiger partial charge < -0.3 is 10.1 Å². The van der Waals surface area contributed by atoms with Gasteiger partial charge in [0.25, 0.3) is 11.8 Å². The zero-order valence-corrected chi connectivity index (χ0v) is 18.2. The van der Waals surface area contributed by atoms with Crippen molar-refractivity contribution in [3.05, 3.63) is 65.7 Å². The third kappa shape index (κ3) is 7.41. The number of rotatable bonds is 7. The van der Waals surface area contributed by atoms with Crippen LogP contribution in [0.2, 0.25) is 0 Å². The Morgan fingerprint density at radius 3 is 2.10 bits per heavy atom. The van der Waals surface area contributed by atoms with Gasteiger partial charge >= 0.3 is 6.09 Å². The van der Waals surface area contributed by atoms with Gasteiger partial charge in [-0.1, -0.05) is 44.2 Å². The molecule has 0 fully saturated rings. The molecule has 0 aliphatic heterocycles. The van der Waals surface area contributed by atoms with E-state index in [1.807, 2.05) is 18.2 Å². The number of benzene rings is 2. The van der Waals surface area contributed by atoms with Gasteiger partial charge in [0.2, 0.25) is 0 Å². The summed E-state index contributed by atoms with van der Waals surface area (Å²) in [5.41, 5.74) is 5.46. The summed E-state index contributed by atoms with van der Waals surface area (Å²) in [6.45, 7) is 3.51. The number of carbonyl (C=O) groups is 3. The topological polar surface area (TPSA) is 131 Å². The second-order valence-corrected chi connectivity index (χ2v) is 9.18. The quantitative estimate of drug-likeness (QED) is 0.555. The lowest BCUT2D eigenvalue weighted by Gasteiger charge is -2.21. The van der Waals surface area contributed by atoms with Crippen LogP contribution >= 0.6 is 0 Å². The van der Waals surface area contributed by atoms with Gasteiger partial charge in [-0.05, 0) is 35.7 Å². The van der Waals surface area contributed by atoms with Crippen LogP contribution in [0, 0.1) is 5.92 Å². The van der Waals surface area contributed by atoms with Gasteiger partial charge in [0.15, 0.2) is 9.84 Å².